The van der Waals surface area contributed by atoms with E-state index in [1.54, 1.807) is 0 Å². The van der Waals surface area contributed by atoms with Gasteiger partial charge in [0, 0.05) is 6.61 Å². The van der Waals surface area contributed by atoms with Crippen molar-refractivity contribution in [3.63, 3.8) is 0 Å². The summed E-state index contributed by atoms with van der Waals surface area (Å²) in [5, 5.41) is 0. The fraction of sp³-hybridized carbons (Fsp3) is 1.00. The molecule has 0 aliphatic heterocycles. The van der Waals surface area contributed by atoms with Crippen molar-refractivity contribution in [2.45, 2.75) is 71.8 Å². The van der Waals surface area contributed by atoms with E-state index in [4.69, 9.17) is 4.74 Å². The Labute approximate surface area is 83.9 Å². The van der Waals surface area contributed by atoms with Crippen LogP contribution in [0.25, 0.3) is 0 Å². The molecule has 0 N–H and O–H groups in total. The molecule has 0 saturated heterocycles. The van der Waals surface area contributed by atoms with E-state index < -0.39 is 0 Å². The summed E-state index contributed by atoms with van der Waals surface area (Å²) in [4.78, 5) is 0. The zero-order valence-electron chi connectivity index (χ0n) is 9.64. The van der Waals surface area contributed by atoms with Gasteiger partial charge in [0.05, 0.1) is 6.10 Å². The topological polar surface area (TPSA) is 9.23 Å². The number of rotatable bonds is 9. The molecule has 1 nitrogen and oxygen atoms in total. The molecule has 0 fully saturated rings. The zero-order valence-corrected chi connectivity index (χ0v) is 9.64. The van der Waals surface area contributed by atoms with Crippen LogP contribution in [-0.4, -0.2) is 12.7 Å². The molecule has 0 radical (unpaired) electrons. The summed E-state index contributed by atoms with van der Waals surface area (Å²) < 4.78 is 5.78. The maximum atomic E-state index is 5.78. The molecule has 80 valence electrons. The second-order valence-corrected chi connectivity index (χ2v) is 3.75. The lowest BCUT2D eigenvalue weighted by atomic mass is 10.1. The summed E-state index contributed by atoms with van der Waals surface area (Å²) in [7, 11) is 0. The van der Waals surface area contributed by atoms with Gasteiger partial charge in [-0.15, -0.1) is 0 Å². The molecule has 0 aromatic heterocycles. The lowest BCUT2D eigenvalue weighted by Crippen LogP contribution is -2.12. The van der Waals surface area contributed by atoms with Crippen LogP contribution in [-0.2, 0) is 4.74 Å². The second kappa shape index (κ2) is 10.0. The third kappa shape index (κ3) is 8.29. The summed E-state index contributed by atoms with van der Waals surface area (Å²) in [5.41, 5.74) is 0. The highest BCUT2D eigenvalue weighted by molar-refractivity contribution is 4.55. The maximum Gasteiger partial charge on any atom is 0.0572 e. The fourth-order valence-electron chi connectivity index (χ4n) is 1.42. The van der Waals surface area contributed by atoms with Crippen LogP contribution in [0.3, 0.4) is 0 Å². The van der Waals surface area contributed by atoms with Crippen molar-refractivity contribution in [1.82, 2.24) is 0 Å². The lowest BCUT2D eigenvalue weighted by molar-refractivity contribution is 0.0415. The predicted octanol–water partition coefficient (Wildman–Crippen LogP) is 4.16. The van der Waals surface area contributed by atoms with Gasteiger partial charge in [0.1, 0.15) is 0 Å². The van der Waals surface area contributed by atoms with Crippen molar-refractivity contribution in [2.24, 2.45) is 0 Å². The summed E-state index contributed by atoms with van der Waals surface area (Å²) in [6.07, 6.45) is 9.41. The van der Waals surface area contributed by atoms with Crippen LogP contribution in [0.4, 0.5) is 0 Å². The van der Waals surface area contributed by atoms with Crippen molar-refractivity contribution in [3.05, 3.63) is 0 Å². The van der Waals surface area contributed by atoms with E-state index in [9.17, 15) is 0 Å². The van der Waals surface area contributed by atoms with Crippen molar-refractivity contribution < 1.29 is 4.74 Å². The zero-order chi connectivity index (χ0) is 9.94. The quantitative estimate of drug-likeness (QED) is 0.491. The van der Waals surface area contributed by atoms with Gasteiger partial charge in [-0.1, -0.05) is 46.5 Å². The molecular formula is C12H26O. The van der Waals surface area contributed by atoms with Gasteiger partial charge in [-0.05, 0) is 19.3 Å². The van der Waals surface area contributed by atoms with E-state index >= 15 is 0 Å². The third-order valence-corrected chi connectivity index (χ3v) is 2.44. The van der Waals surface area contributed by atoms with E-state index in [1.807, 2.05) is 0 Å². The third-order valence-electron chi connectivity index (χ3n) is 2.44. The molecule has 0 aliphatic rings. The van der Waals surface area contributed by atoms with Crippen LogP contribution in [0.15, 0.2) is 0 Å². The van der Waals surface area contributed by atoms with E-state index in [0.717, 1.165) is 6.61 Å². The Hall–Kier alpha value is -0.0400. The number of hydrogen-bond acceptors (Lipinski definition) is 1. The van der Waals surface area contributed by atoms with Gasteiger partial charge in [-0.25, -0.2) is 0 Å². The van der Waals surface area contributed by atoms with Crippen LogP contribution in [0.2, 0.25) is 0 Å². The van der Waals surface area contributed by atoms with Gasteiger partial charge in [0.25, 0.3) is 0 Å². The highest BCUT2D eigenvalue weighted by atomic mass is 16.5. The van der Waals surface area contributed by atoms with E-state index in [1.165, 1.54) is 44.9 Å². The van der Waals surface area contributed by atoms with Crippen LogP contribution in [0.1, 0.15) is 65.7 Å². The molecule has 0 rings (SSSR count). The standard InChI is InChI=1S/C12H26O/c1-4-7-9-10-12(6-3)13-11-8-5-2/h12H,4-11H2,1-3H3. The summed E-state index contributed by atoms with van der Waals surface area (Å²) in [5.74, 6) is 0. The SMILES string of the molecule is CCCCCC(CC)OCCCC. The molecule has 0 heterocycles. The lowest BCUT2D eigenvalue weighted by Gasteiger charge is -2.15. The van der Waals surface area contributed by atoms with Crippen molar-refractivity contribution in [1.29, 1.82) is 0 Å². The number of hydrogen-bond donors (Lipinski definition) is 0. The second-order valence-electron chi connectivity index (χ2n) is 3.75. The van der Waals surface area contributed by atoms with Crippen LogP contribution >= 0.6 is 0 Å². The van der Waals surface area contributed by atoms with Gasteiger partial charge >= 0.3 is 0 Å². The fourth-order valence-corrected chi connectivity index (χ4v) is 1.42. The minimum absolute atomic E-state index is 0.526. The van der Waals surface area contributed by atoms with E-state index in [-0.39, 0.29) is 0 Å². The van der Waals surface area contributed by atoms with Gasteiger partial charge in [-0.2, -0.15) is 0 Å². The Morgan fingerprint density at radius 3 is 2.15 bits per heavy atom. The predicted molar refractivity (Wildman–Crippen MR) is 59.1 cm³/mol. The summed E-state index contributed by atoms with van der Waals surface area (Å²) in [6.45, 7) is 7.64. The molecule has 0 aliphatic carbocycles. The molecule has 0 amide bonds. The number of unbranched alkanes of at least 4 members (excludes halogenated alkanes) is 3. The van der Waals surface area contributed by atoms with Crippen LogP contribution in [0, 0.1) is 0 Å². The van der Waals surface area contributed by atoms with Crippen molar-refractivity contribution in [2.75, 3.05) is 6.61 Å². The van der Waals surface area contributed by atoms with E-state index in [0.29, 0.717) is 6.10 Å². The molecular weight excluding hydrogens is 160 g/mol. The van der Waals surface area contributed by atoms with Gasteiger partial charge < -0.3 is 4.74 Å². The van der Waals surface area contributed by atoms with Crippen molar-refractivity contribution >= 4 is 0 Å². The highest BCUT2D eigenvalue weighted by Crippen LogP contribution is 2.10. The first-order valence-corrected chi connectivity index (χ1v) is 5.96. The van der Waals surface area contributed by atoms with E-state index in [2.05, 4.69) is 20.8 Å². The van der Waals surface area contributed by atoms with Gasteiger partial charge in [0.2, 0.25) is 0 Å². The number of ether oxygens (including phenoxy) is 1. The Bertz CT molecular complexity index is 81.1. The molecule has 0 bridgehead atoms. The molecule has 13 heavy (non-hydrogen) atoms. The Kier molecular flexibility index (Phi) is 10.0. The first-order valence-electron chi connectivity index (χ1n) is 5.96. The Morgan fingerprint density at radius 2 is 1.62 bits per heavy atom. The monoisotopic (exact) mass is 186 g/mol. The average molecular weight is 186 g/mol. The molecule has 0 aromatic carbocycles. The average Bonchev–Trinajstić information content (AvgIpc) is 2.16. The summed E-state index contributed by atoms with van der Waals surface area (Å²) in [6, 6.07) is 0. The summed E-state index contributed by atoms with van der Waals surface area (Å²) >= 11 is 0. The highest BCUT2D eigenvalue weighted by Gasteiger charge is 2.04. The van der Waals surface area contributed by atoms with Crippen LogP contribution < -0.4 is 0 Å². The largest absolute Gasteiger partial charge is 0.378 e. The minimum atomic E-state index is 0.526. The van der Waals surface area contributed by atoms with Crippen molar-refractivity contribution in [3.8, 4) is 0 Å². The Balaban J connectivity index is 3.28. The molecule has 0 saturated carbocycles. The normalized spacial score (nSPS) is 13.2. The molecule has 1 heteroatoms. The molecule has 0 spiro atoms. The first-order chi connectivity index (χ1) is 6.35. The van der Waals surface area contributed by atoms with Gasteiger partial charge in [-0.3, -0.25) is 0 Å². The first kappa shape index (κ1) is 13.0. The smallest absolute Gasteiger partial charge is 0.0572 e. The molecule has 1 unspecified atom stereocenters. The maximum absolute atomic E-state index is 5.78. The van der Waals surface area contributed by atoms with Gasteiger partial charge in [0.15, 0.2) is 0 Å². The molecule has 1 atom stereocenters. The molecule has 0 aromatic rings. The van der Waals surface area contributed by atoms with Crippen LogP contribution in [0.5, 0.6) is 0 Å². The Morgan fingerprint density at radius 1 is 0.923 bits per heavy atom. The minimum Gasteiger partial charge on any atom is -0.378 e.